The van der Waals surface area contributed by atoms with E-state index in [4.69, 9.17) is 14.5 Å². The van der Waals surface area contributed by atoms with Crippen LogP contribution in [0.4, 0.5) is 13.2 Å². The number of piperidine rings is 1. The Hall–Kier alpha value is -6.06. The summed E-state index contributed by atoms with van der Waals surface area (Å²) in [6.07, 6.45) is -1.95. The predicted octanol–water partition coefficient (Wildman–Crippen LogP) is 6.84. The fourth-order valence-corrected chi connectivity index (χ4v) is 13.7. The number of amides is 4. The molecule has 2 aliphatic heterocycles. The van der Waals surface area contributed by atoms with E-state index in [2.05, 4.69) is 16.6 Å². The summed E-state index contributed by atoms with van der Waals surface area (Å²) in [5.41, 5.74) is -1.62. The molecule has 16 nitrogen and oxygen atoms in total. The number of rotatable bonds is 17. The minimum absolute atomic E-state index is 0.0474. The van der Waals surface area contributed by atoms with Gasteiger partial charge in [0.05, 0.1) is 46.5 Å². The summed E-state index contributed by atoms with van der Waals surface area (Å²) >= 11 is 0. The fraction of sp³-hybridized carbons (Fsp3) is 0.491. The third-order valence-corrected chi connectivity index (χ3v) is 18.8. The van der Waals surface area contributed by atoms with Gasteiger partial charge >= 0.3 is 6.18 Å². The highest BCUT2D eigenvalue weighted by atomic mass is 32.2. The highest BCUT2D eigenvalue weighted by Crippen LogP contribution is 2.46. The van der Waals surface area contributed by atoms with Gasteiger partial charge in [-0.3, -0.25) is 23.9 Å². The molecule has 4 aromatic rings. The Labute approximate surface area is 429 Å². The fourth-order valence-electron chi connectivity index (χ4n) is 10.3. The number of fused-ring (bicyclic) bond motifs is 1. The molecule has 0 bridgehead atoms. The van der Waals surface area contributed by atoms with Crippen molar-refractivity contribution in [2.45, 2.75) is 125 Å². The van der Waals surface area contributed by atoms with Gasteiger partial charge in [0.25, 0.3) is 5.91 Å². The van der Waals surface area contributed by atoms with E-state index in [1.807, 2.05) is 30.3 Å². The van der Waals surface area contributed by atoms with Gasteiger partial charge < -0.3 is 24.6 Å². The number of nitrogens with one attached hydrogen (secondary N) is 2. The van der Waals surface area contributed by atoms with Crippen molar-refractivity contribution in [2.75, 3.05) is 26.7 Å². The number of hydrogen-bond donors (Lipinski definition) is 2. The van der Waals surface area contributed by atoms with Crippen molar-refractivity contribution in [1.82, 2.24) is 29.1 Å². The lowest BCUT2D eigenvalue weighted by molar-refractivity contribution is -0.149. The van der Waals surface area contributed by atoms with Gasteiger partial charge in [0.15, 0.2) is 0 Å². The number of methoxy groups -OCH3 is 1. The summed E-state index contributed by atoms with van der Waals surface area (Å²) in [5.74, 6) is -3.15. The van der Waals surface area contributed by atoms with Crippen LogP contribution in [0, 0.1) is 17.3 Å². The quantitative estimate of drug-likeness (QED) is 0.105. The van der Waals surface area contributed by atoms with E-state index in [1.54, 1.807) is 57.0 Å². The van der Waals surface area contributed by atoms with Crippen molar-refractivity contribution in [2.24, 2.45) is 17.3 Å². The zero-order valence-corrected chi connectivity index (χ0v) is 43.3. The first kappa shape index (κ1) is 52.8. The smallest absolute Gasteiger partial charge is 0.416 e. The lowest BCUT2D eigenvalue weighted by Crippen LogP contribution is -2.57. The Morgan fingerprint density at radius 1 is 0.905 bits per heavy atom. The number of likely N-dealkylation sites (tertiary alicyclic amines) is 2. The Bertz CT molecular complexity index is 3080. The Morgan fingerprint density at radius 2 is 1.59 bits per heavy atom. The monoisotopic (exact) mass is 1060 g/mol. The molecule has 396 valence electrons. The van der Waals surface area contributed by atoms with Crippen LogP contribution in [-0.2, 0) is 45.4 Å². The average molecular weight is 1060 g/mol. The third kappa shape index (κ3) is 10.9. The van der Waals surface area contributed by atoms with Gasteiger partial charge in [0.1, 0.15) is 29.2 Å². The number of ether oxygens (including phenoxy) is 2. The number of carbonyl (C=O) groups excluding carboxylic acids is 4. The van der Waals surface area contributed by atoms with Crippen LogP contribution in [-0.4, -0.2) is 121 Å². The summed E-state index contributed by atoms with van der Waals surface area (Å²) in [5, 5.41) is 2.75. The number of benzene rings is 3. The van der Waals surface area contributed by atoms with Gasteiger partial charge in [0.2, 0.25) is 37.8 Å². The number of hydrogen-bond acceptors (Lipinski definition) is 11. The normalized spacial score (nSPS) is 23.1. The first-order valence-corrected chi connectivity index (χ1v) is 27.9. The van der Waals surface area contributed by atoms with Crippen LogP contribution in [0.1, 0.15) is 84.1 Å². The lowest BCUT2D eigenvalue weighted by atomic mass is 9.77. The van der Waals surface area contributed by atoms with Gasteiger partial charge in [-0.15, -0.1) is 6.58 Å². The Balaban J connectivity index is 0.970. The Morgan fingerprint density at radius 3 is 2.20 bits per heavy atom. The zero-order chi connectivity index (χ0) is 53.1. The van der Waals surface area contributed by atoms with Crippen LogP contribution in [0.15, 0.2) is 96.4 Å². The maximum absolute atomic E-state index is 15.3. The van der Waals surface area contributed by atoms with Crippen molar-refractivity contribution < 1.29 is 58.7 Å². The van der Waals surface area contributed by atoms with Crippen LogP contribution >= 0.6 is 0 Å². The molecule has 0 radical (unpaired) electrons. The Kier molecular flexibility index (Phi) is 14.2. The van der Waals surface area contributed by atoms with E-state index < -0.39 is 101 Å². The topological polar surface area (TPSA) is 202 Å². The van der Waals surface area contributed by atoms with Crippen molar-refractivity contribution in [3.05, 3.63) is 97.1 Å². The molecular formula is C53H61F3N6O10S2. The molecule has 5 fully saturated rings. The van der Waals surface area contributed by atoms with Gasteiger partial charge in [-0.05, 0) is 80.7 Å². The maximum atomic E-state index is 15.3. The van der Waals surface area contributed by atoms with Crippen LogP contribution < -0.4 is 19.5 Å². The van der Waals surface area contributed by atoms with Crippen molar-refractivity contribution in [3.63, 3.8) is 0 Å². The molecule has 3 saturated carbocycles. The molecule has 9 rings (SSSR count). The first-order valence-electron chi connectivity index (χ1n) is 24.9. The second kappa shape index (κ2) is 19.9. The molecule has 3 aromatic carbocycles. The van der Waals surface area contributed by atoms with Gasteiger partial charge in [-0.2, -0.15) is 17.5 Å². The molecule has 5 atom stereocenters. The molecule has 21 heteroatoms. The van der Waals surface area contributed by atoms with Gasteiger partial charge in [-0.25, -0.2) is 21.8 Å². The molecule has 0 unspecified atom stereocenters. The van der Waals surface area contributed by atoms with Crippen molar-refractivity contribution in [3.8, 4) is 22.8 Å². The molecule has 1 aromatic heterocycles. The molecule has 5 aliphatic rings. The largest absolute Gasteiger partial charge is 0.497 e. The summed E-state index contributed by atoms with van der Waals surface area (Å²) in [7, 11) is -6.78. The number of sulfonamides is 2. The number of halogens is 3. The van der Waals surface area contributed by atoms with Gasteiger partial charge in [0, 0.05) is 67.0 Å². The molecule has 74 heavy (non-hydrogen) atoms. The third-order valence-electron chi connectivity index (χ3n) is 15.0. The molecule has 2 saturated heterocycles. The van der Waals surface area contributed by atoms with E-state index in [0.29, 0.717) is 59.8 Å². The maximum Gasteiger partial charge on any atom is 0.416 e. The molecule has 3 aliphatic carbocycles. The number of pyridine rings is 1. The predicted molar refractivity (Wildman–Crippen MR) is 268 cm³/mol. The summed E-state index contributed by atoms with van der Waals surface area (Å²) in [4.78, 5) is 65.7. The summed E-state index contributed by atoms with van der Waals surface area (Å²) < 4.78 is 111. The average Bonchev–Trinajstić information content (AvgIpc) is 4.28. The standard InChI is InChI=1S/C53H61F3N6O10S2/c1-6-33-30-52(33,50(66)59-73(67,68)39-18-19-39)58-48(64)45-27-38(72-46-29-43(32-11-8-7-9-12-32)57-44-26-37(71-5)17-20-41(44)46)31-61(45)49(65)42(51(2,3)4)28-47(63)60-23-21-36(22-24-60)62(35-15-16-35)74(69,70)40-14-10-13-34(25-40)53(54,55)56/h6-14,17,20,25-26,29,33,35-36,38-39,42,45H,1,15-16,18-19,21-24,27-28,30-31H2,2-5H3,(H,58,64)(H,59,66)/t33-,38-,42-,45+,52-/m1/s1. The van der Waals surface area contributed by atoms with E-state index in [9.17, 15) is 44.4 Å². The molecular weight excluding hydrogens is 1000 g/mol. The van der Waals surface area contributed by atoms with E-state index in [-0.39, 0.29) is 63.7 Å². The second-order valence-corrected chi connectivity index (χ2v) is 25.0. The minimum atomic E-state index is -4.74. The van der Waals surface area contributed by atoms with E-state index >= 15 is 4.79 Å². The number of nitrogens with zero attached hydrogens (tertiary/aromatic N) is 4. The minimum Gasteiger partial charge on any atom is -0.497 e. The van der Waals surface area contributed by atoms with Crippen LogP contribution in [0.2, 0.25) is 0 Å². The van der Waals surface area contributed by atoms with Crippen LogP contribution in [0.25, 0.3) is 22.2 Å². The van der Waals surface area contributed by atoms with Gasteiger partial charge in [-0.1, -0.05) is 63.2 Å². The van der Waals surface area contributed by atoms with E-state index in [1.165, 1.54) is 15.3 Å². The lowest BCUT2D eigenvalue weighted by Gasteiger charge is -2.39. The SMILES string of the molecule is C=C[C@@H]1C[C@]1(NC(=O)[C@@H]1C[C@@H](Oc2cc(-c3ccccc3)nc3cc(OC)ccc23)CN1C(=O)[C@@H](CC(=O)N1CCC(N(C2CC2)S(=O)(=O)c2cccc(C(F)(F)F)c2)CC1)C(C)(C)C)C(=O)NS(=O)(=O)C1CC1. The molecule has 0 spiro atoms. The van der Waals surface area contributed by atoms with E-state index in [0.717, 1.165) is 23.8 Å². The summed E-state index contributed by atoms with van der Waals surface area (Å²) in [6.45, 7) is 9.38. The molecule has 2 N–H and O–H groups in total. The number of carbonyl (C=O) groups is 4. The van der Waals surface area contributed by atoms with Crippen LogP contribution in [0.5, 0.6) is 11.5 Å². The number of aromatic nitrogens is 1. The first-order chi connectivity index (χ1) is 34.9. The zero-order valence-electron chi connectivity index (χ0n) is 41.6. The highest BCUT2D eigenvalue weighted by Gasteiger charge is 2.62. The van der Waals surface area contributed by atoms with Crippen molar-refractivity contribution >= 4 is 54.6 Å². The highest BCUT2D eigenvalue weighted by molar-refractivity contribution is 7.91. The van der Waals surface area contributed by atoms with Crippen LogP contribution in [0.3, 0.4) is 0 Å². The van der Waals surface area contributed by atoms with Crippen molar-refractivity contribution in [1.29, 1.82) is 0 Å². The summed E-state index contributed by atoms with van der Waals surface area (Å²) in [6, 6.07) is 18.1. The number of alkyl halides is 3. The molecule has 3 heterocycles. The molecule has 4 amide bonds. The second-order valence-electron chi connectivity index (χ2n) is 21.2.